The van der Waals surface area contributed by atoms with Crippen LogP contribution in [-0.4, -0.2) is 14.2 Å². The molecule has 1 unspecified atom stereocenters. The first-order valence-electron chi connectivity index (χ1n) is 10.3. The summed E-state index contributed by atoms with van der Waals surface area (Å²) in [6.45, 7) is 0. The van der Waals surface area contributed by atoms with E-state index >= 15 is 0 Å². The molecule has 0 amide bonds. The predicted octanol–water partition coefficient (Wildman–Crippen LogP) is 6.10. The first kappa shape index (κ1) is 20.9. The first-order chi connectivity index (χ1) is 15.1. The summed E-state index contributed by atoms with van der Waals surface area (Å²) in [7, 11) is -3.49. The highest BCUT2D eigenvalue weighted by molar-refractivity contribution is 7.91. The Labute approximate surface area is 184 Å². The molecule has 1 N–H and O–H groups in total. The highest BCUT2D eigenvalue weighted by Crippen LogP contribution is 2.36. The van der Waals surface area contributed by atoms with E-state index in [1.54, 1.807) is 24.3 Å². The molecule has 0 aromatic heterocycles. The number of rotatable bonds is 8. The minimum Gasteiger partial charge on any atom is -0.378 e. The van der Waals surface area contributed by atoms with E-state index < -0.39 is 9.84 Å². The molecule has 156 valence electrons. The van der Waals surface area contributed by atoms with Crippen molar-refractivity contribution in [3.05, 3.63) is 132 Å². The second-order valence-electron chi connectivity index (χ2n) is 7.51. The van der Waals surface area contributed by atoms with E-state index in [9.17, 15) is 8.42 Å². The fourth-order valence-electron chi connectivity index (χ4n) is 3.84. The maximum Gasteiger partial charge on any atom is 0.179 e. The number of sulfone groups is 1. The zero-order valence-corrected chi connectivity index (χ0v) is 18.0. The molecule has 4 aromatic carbocycles. The number of nitrogens with one attached hydrogen (secondary N) is 1. The molecule has 0 bridgehead atoms. The maximum atomic E-state index is 13.4. The molecule has 0 saturated heterocycles. The van der Waals surface area contributed by atoms with Crippen molar-refractivity contribution >= 4 is 15.5 Å². The van der Waals surface area contributed by atoms with Crippen LogP contribution in [0, 0.1) is 0 Å². The molecular formula is C27H25NO2S. The Balaban J connectivity index is 1.79. The van der Waals surface area contributed by atoms with Gasteiger partial charge in [0.1, 0.15) is 0 Å². The fourth-order valence-corrected chi connectivity index (χ4v) is 5.46. The highest BCUT2D eigenvalue weighted by Gasteiger charge is 2.30. The normalized spacial score (nSPS) is 13.3. The third-order valence-electron chi connectivity index (χ3n) is 5.39. The molecule has 0 aliphatic carbocycles. The lowest BCUT2D eigenvalue weighted by Gasteiger charge is -2.30. The smallest absolute Gasteiger partial charge is 0.179 e. The Bertz CT molecular complexity index is 1180. The van der Waals surface area contributed by atoms with Crippen molar-refractivity contribution in [2.24, 2.45) is 0 Å². The van der Waals surface area contributed by atoms with Crippen LogP contribution >= 0.6 is 0 Å². The van der Waals surface area contributed by atoms with Gasteiger partial charge in [0.15, 0.2) is 9.84 Å². The Morgan fingerprint density at radius 2 is 1.03 bits per heavy atom. The Morgan fingerprint density at radius 3 is 1.58 bits per heavy atom. The zero-order chi connectivity index (χ0) is 21.5. The summed E-state index contributed by atoms with van der Waals surface area (Å²) in [5.74, 6) is -0.283. The van der Waals surface area contributed by atoms with Crippen LogP contribution in [-0.2, 0) is 9.84 Å². The van der Waals surface area contributed by atoms with Crippen LogP contribution in [0.3, 0.4) is 0 Å². The van der Waals surface area contributed by atoms with Gasteiger partial charge in [-0.3, -0.25) is 0 Å². The van der Waals surface area contributed by atoms with Gasteiger partial charge in [0, 0.05) is 11.6 Å². The van der Waals surface area contributed by atoms with Crippen molar-refractivity contribution in [1.29, 1.82) is 0 Å². The second kappa shape index (κ2) is 9.63. The van der Waals surface area contributed by atoms with Crippen LogP contribution in [0.5, 0.6) is 0 Å². The summed E-state index contributed by atoms with van der Waals surface area (Å²) in [6.07, 6.45) is 0. The third-order valence-corrected chi connectivity index (χ3v) is 7.17. The molecule has 0 fully saturated rings. The molecular weight excluding hydrogens is 402 g/mol. The van der Waals surface area contributed by atoms with Gasteiger partial charge in [-0.05, 0) is 35.4 Å². The lowest BCUT2D eigenvalue weighted by Crippen LogP contribution is -2.26. The van der Waals surface area contributed by atoms with Crippen molar-refractivity contribution in [2.45, 2.75) is 16.9 Å². The molecule has 0 heterocycles. The van der Waals surface area contributed by atoms with Crippen molar-refractivity contribution in [3.8, 4) is 0 Å². The van der Waals surface area contributed by atoms with Crippen LogP contribution in [0.4, 0.5) is 5.69 Å². The Hall–Kier alpha value is -3.37. The van der Waals surface area contributed by atoms with E-state index in [2.05, 4.69) is 5.32 Å². The Morgan fingerprint density at radius 1 is 0.581 bits per heavy atom. The standard InChI is InChI=1S/C27H25NO2S/c29-31(30,25-19-11-4-12-20-25)21-26(22-13-5-1-6-14-22)27(23-15-7-2-8-16-23)28-24-17-9-3-10-18-24/h1-20,26-28H,21H2/t26?,27-/m0/s1. The van der Waals surface area contributed by atoms with Gasteiger partial charge in [0.05, 0.1) is 16.7 Å². The van der Waals surface area contributed by atoms with E-state index in [4.69, 9.17) is 0 Å². The molecule has 0 radical (unpaired) electrons. The summed E-state index contributed by atoms with van der Waals surface area (Å²) < 4.78 is 26.8. The number of hydrogen-bond donors (Lipinski definition) is 1. The summed E-state index contributed by atoms with van der Waals surface area (Å²) >= 11 is 0. The van der Waals surface area contributed by atoms with Crippen LogP contribution in [0.2, 0.25) is 0 Å². The van der Waals surface area contributed by atoms with Gasteiger partial charge in [-0.25, -0.2) is 8.42 Å². The van der Waals surface area contributed by atoms with Gasteiger partial charge in [0.2, 0.25) is 0 Å². The van der Waals surface area contributed by atoms with Crippen molar-refractivity contribution < 1.29 is 8.42 Å². The van der Waals surface area contributed by atoms with Gasteiger partial charge in [-0.15, -0.1) is 0 Å². The number of para-hydroxylation sites is 1. The monoisotopic (exact) mass is 427 g/mol. The zero-order valence-electron chi connectivity index (χ0n) is 17.1. The van der Waals surface area contributed by atoms with E-state index in [1.165, 1.54) is 0 Å². The van der Waals surface area contributed by atoms with Crippen molar-refractivity contribution in [2.75, 3.05) is 11.1 Å². The van der Waals surface area contributed by atoms with E-state index in [1.807, 2.05) is 97.1 Å². The predicted molar refractivity (Wildman–Crippen MR) is 127 cm³/mol. The van der Waals surface area contributed by atoms with Gasteiger partial charge in [-0.2, -0.15) is 0 Å². The SMILES string of the molecule is O=S(=O)(CC(c1ccccc1)[C@@H](Nc1ccccc1)c1ccccc1)c1ccccc1. The summed E-state index contributed by atoms with van der Waals surface area (Å²) in [4.78, 5) is 0.349. The fraction of sp³-hybridized carbons (Fsp3) is 0.111. The minimum atomic E-state index is -3.49. The summed E-state index contributed by atoms with van der Waals surface area (Å²) in [5.41, 5.74) is 2.98. The van der Waals surface area contributed by atoms with E-state index in [-0.39, 0.29) is 17.7 Å². The van der Waals surface area contributed by atoms with E-state index in [0.29, 0.717) is 4.90 Å². The van der Waals surface area contributed by atoms with Crippen LogP contribution in [0.15, 0.2) is 126 Å². The maximum absolute atomic E-state index is 13.4. The van der Waals surface area contributed by atoms with Crippen molar-refractivity contribution in [1.82, 2.24) is 0 Å². The van der Waals surface area contributed by atoms with Crippen molar-refractivity contribution in [3.63, 3.8) is 0 Å². The summed E-state index contributed by atoms with van der Waals surface area (Å²) in [6, 6.07) is 38.3. The van der Waals surface area contributed by atoms with Crippen LogP contribution in [0.1, 0.15) is 23.1 Å². The summed E-state index contributed by atoms with van der Waals surface area (Å²) in [5, 5.41) is 3.60. The number of anilines is 1. The second-order valence-corrected chi connectivity index (χ2v) is 9.54. The molecule has 4 aromatic rings. The van der Waals surface area contributed by atoms with Gasteiger partial charge in [-0.1, -0.05) is 97.1 Å². The third kappa shape index (κ3) is 5.22. The molecule has 0 aliphatic rings. The molecule has 2 atom stereocenters. The molecule has 0 saturated carbocycles. The largest absolute Gasteiger partial charge is 0.378 e. The molecule has 4 heteroatoms. The average molecular weight is 428 g/mol. The lowest BCUT2D eigenvalue weighted by atomic mass is 9.88. The first-order valence-corrected chi connectivity index (χ1v) is 12.0. The quantitative estimate of drug-likeness (QED) is 0.370. The molecule has 0 spiro atoms. The Kier molecular flexibility index (Phi) is 6.48. The number of hydrogen-bond acceptors (Lipinski definition) is 3. The molecule has 3 nitrogen and oxygen atoms in total. The lowest BCUT2D eigenvalue weighted by molar-refractivity contribution is 0.572. The van der Waals surface area contributed by atoms with E-state index in [0.717, 1.165) is 16.8 Å². The highest BCUT2D eigenvalue weighted by atomic mass is 32.2. The average Bonchev–Trinajstić information content (AvgIpc) is 2.84. The van der Waals surface area contributed by atoms with Crippen LogP contribution in [0.25, 0.3) is 0 Å². The molecule has 4 rings (SSSR count). The van der Waals surface area contributed by atoms with Crippen LogP contribution < -0.4 is 5.32 Å². The molecule has 0 aliphatic heterocycles. The minimum absolute atomic E-state index is 0.000418. The van der Waals surface area contributed by atoms with Gasteiger partial charge in [0.25, 0.3) is 0 Å². The topological polar surface area (TPSA) is 46.2 Å². The molecule has 31 heavy (non-hydrogen) atoms. The number of benzene rings is 4. The van der Waals surface area contributed by atoms with Gasteiger partial charge >= 0.3 is 0 Å². The van der Waals surface area contributed by atoms with Gasteiger partial charge < -0.3 is 5.32 Å².